The van der Waals surface area contributed by atoms with E-state index < -0.39 is 23.5 Å². The zero-order chi connectivity index (χ0) is 23.3. The molecule has 1 aromatic heterocycles. The predicted molar refractivity (Wildman–Crippen MR) is 122 cm³/mol. The quantitative estimate of drug-likeness (QED) is 0.494. The fraction of sp³-hybridized carbons (Fsp3) is 0.292. The first-order valence-electron chi connectivity index (χ1n) is 10.1. The van der Waals surface area contributed by atoms with Crippen molar-refractivity contribution >= 4 is 34.6 Å². The number of aryl methyl sites for hydroxylation is 2. The van der Waals surface area contributed by atoms with Crippen molar-refractivity contribution in [2.75, 3.05) is 12.4 Å². The number of amides is 1. The number of carboxylic acids is 1. The summed E-state index contributed by atoms with van der Waals surface area (Å²) in [5, 5.41) is 14.7. The first kappa shape index (κ1) is 23.4. The number of carboxylic acid groups (broad SMARTS) is 1. The topological polar surface area (TPSA) is 109 Å². The second-order valence-corrected chi connectivity index (χ2v) is 8.46. The third-order valence-electron chi connectivity index (χ3n) is 5.20. The van der Waals surface area contributed by atoms with Crippen molar-refractivity contribution < 1.29 is 23.8 Å². The van der Waals surface area contributed by atoms with Crippen LogP contribution in [0.4, 0.5) is 0 Å². The summed E-state index contributed by atoms with van der Waals surface area (Å²) in [5.74, 6) is -0.768. The van der Waals surface area contributed by atoms with E-state index in [4.69, 9.17) is 9.15 Å². The van der Waals surface area contributed by atoms with Gasteiger partial charge in [-0.25, -0.2) is 4.79 Å². The van der Waals surface area contributed by atoms with Crippen LogP contribution in [0.2, 0.25) is 0 Å². The summed E-state index contributed by atoms with van der Waals surface area (Å²) in [5.41, 5.74) is 3.01. The maximum absolute atomic E-state index is 12.3. The van der Waals surface area contributed by atoms with Gasteiger partial charge in [0.2, 0.25) is 0 Å². The van der Waals surface area contributed by atoms with Gasteiger partial charge in [-0.1, -0.05) is 30.3 Å². The molecule has 0 saturated heterocycles. The Hall–Kier alpha value is -3.26. The average molecular weight is 455 g/mol. The Bertz CT molecular complexity index is 1190. The van der Waals surface area contributed by atoms with Crippen molar-refractivity contribution in [2.45, 2.75) is 32.6 Å². The molecule has 7 nitrogen and oxygen atoms in total. The normalized spacial score (nSPS) is 11.8. The number of hydrogen-bond donors (Lipinski definition) is 1. The van der Waals surface area contributed by atoms with Crippen LogP contribution in [0.3, 0.4) is 0 Å². The van der Waals surface area contributed by atoms with Gasteiger partial charge in [-0.15, -0.1) is 0 Å². The summed E-state index contributed by atoms with van der Waals surface area (Å²) in [4.78, 5) is 35.7. The van der Waals surface area contributed by atoms with Crippen LogP contribution in [0.15, 0.2) is 51.7 Å². The van der Waals surface area contributed by atoms with Crippen molar-refractivity contribution in [2.24, 2.45) is 0 Å². The molecule has 168 valence electrons. The molecule has 0 aliphatic heterocycles. The largest absolute Gasteiger partial charge is 0.548 e. The number of carbonyl (C=O) groups is 2. The zero-order valence-electron chi connectivity index (χ0n) is 18.1. The first-order valence-corrected chi connectivity index (χ1v) is 11.2. The predicted octanol–water partition coefficient (Wildman–Crippen LogP) is 2.27. The van der Waals surface area contributed by atoms with E-state index in [0.29, 0.717) is 28.2 Å². The third-order valence-corrected chi connectivity index (χ3v) is 6.30. The summed E-state index contributed by atoms with van der Waals surface area (Å²) in [6.07, 6.45) is 0. The highest BCUT2D eigenvalue weighted by molar-refractivity contribution is 7.98. The minimum absolute atomic E-state index is 0.168. The van der Waals surface area contributed by atoms with Crippen LogP contribution in [-0.4, -0.2) is 30.3 Å². The number of fused-ring (bicyclic) bond motifs is 1. The Balaban J connectivity index is 1.60. The van der Waals surface area contributed by atoms with E-state index in [-0.39, 0.29) is 12.4 Å². The van der Waals surface area contributed by atoms with E-state index in [1.165, 1.54) is 11.8 Å². The Morgan fingerprint density at radius 2 is 1.78 bits per heavy atom. The van der Waals surface area contributed by atoms with E-state index in [1.54, 1.807) is 26.0 Å². The van der Waals surface area contributed by atoms with Crippen LogP contribution in [-0.2, 0) is 15.3 Å². The van der Waals surface area contributed by atoms with Gasteiger partial charge in [0.05, 0.1) is 12.0 Å². The molecule has 1 atom stereocenters. The number of hydrogen-bond acceptors (Lipinski definition) is 7. The first-order chi connectivity index (χ1) is 15.3. The van der Waals surface area contributed by atoms with E-state index in [2.05, 4.69) is 5.32 Å². The lowest BCUT2D eigenvalue weighted by Crippen LogP contribution is -2.50. The van der Waals surface area contributed by atoms with Gasteiger partial charge in [0.1, 0.15) is 11.3 Å². The molecular formula is C24H24NO6S-. The van der Waals surface area contributed by atoms with Crippen LogP contribution in [0, 0.1) is 20.8 Å². The van der Waals surface area contributed by atoms with Crippen LogP contribution in [0.5, 0.6) is 5.75 Å². The number of nitrogens with one attached hydrogen (secondary N) is 1. The van der Waals surface area contributed by atoms with Crippen LogP contribution < -0.4 is 20.8 Å². The Kier molecular flexibility index (Phi) is 7.58. The minimum atomic E-state index is -1.35. The molecule has 8 heteroatoms. The molecule has 1 N–H and O–H groups in total. The molecule has 3 rings (SSSR count). The van der Waals surface area contributed by atoms with Gasteiger partial charge >= 0.3 is 5.63 Å². The fourth-order valence-electron chi connectivity index (χ4n) is 3.20. The summed E-state index contributed by atoms with van der Waals surface area (Å²) < 4.78 is 11.0. The van der Waals surface area contributed by atoms with Crippen molar-refractivity contribution in [3.63, 3.8) is 0 Å². The average Bonchev–Trinajstić information content (AvgIpc) is 2.77. The Labute approximate surface area is 189 Å². The molecule has 0 unspecified atom stereocenters. The lowest BCUT2D eigenvalue weighted by Gasteiger charge is -2.20. The molecule has 0 fully saturated rings. The maximum atomic E-state index is 12.3. The van der Waals surface area contributed by atoms with Crippen LogP contribution in [0.25, 0.3) is 11.0 Å². The highest BCUT2D eigenvalue weighted by Gasteiger charge is 2.16. The highest BCUT2D eigenvalue weighted by atomic mass is 32.2. The zero-order valence-corrected chi connectivity index (χ0v) is 18.9. The molecule has 1 heterocycles. The van der Waals surface area contributed by atoms with E-state index in [0.717, 1.165) is 16.5 Å². The molecule has 0 aliphatic rings. The van der Waals surface area contributed by atoms with Crippen molar-refractivity contribution in [1.82, 2.24) is 5.32 Å². The van der Waals surface area contributed by atoms with Gasteiger partial charge < -0.3 is 24.4 Å². The van der Waals surface area contributed by atoms with Crippen LogP contribution in [0.1, 0.15) is 22.3 Å². The van der Waals surface area contributed by atoms with E-state index >= 15 is 0 Å². The third kappa shape index (κ3) is 5.50. The van der Waals surface area contributed by atoms with Crippen LogP contribution >= 0.6 is 11.8 Å². The van der Waals surface area contributed by atoms with Gasteiger partial charge in [-0.3, -0.25) is 4.79 Å². The second-order valence-electron chi connectivity index (χ2n) is 7.43. The van der Waals surface area contributed by atoms with E-state index in [9.17, 15) is 19.5 Å². The van der Waals surface area contributed by atoms with Gasteiger partial charge in [0, 0.05) is 28.0 Å². The minimum Gasteiger partial charge on any atom is -0.548 e. The number of ether oxygens (including phenoxy) is 1. The molecule has 0 spiro atoms. The standard InChI is InChI=1S/C24H25NO6S/c1-14-15(2)24(29)31-22-16(3)20(10-9-18(14)22)30-11-21(26)25-19(23(27)28)13-32-12-17-7-5-4-6-8-17/h4-10,19H,11-13H2,1-3H3,(H,25,26)(H,27,28)/p-1/t19-/m0/s1. The number of aliphatic carboxylic acids is 1. The van der Waals surface area contributed by atoms with Gasteiger partial charge in [0.25, 0.3) is 5.91 Å². The van der Waals surface area contributed by atoms with Gasteiger partial charge in [0.15, 0.2) is 6.61 Å². The molecule has 32 heavy (non-hydrogen) atoms. The molecule has 0 saturated carbocycles. The van der Waals surface area contributed by atoms with Crippen molar-refractivity contribution in [1.29, 1.82) is 0 Å². The molecule has 3 aromatic rings. The lowest BCUT2D eigenvalue weighted by molar-refractivity contribution is -0.307. The molecule has 0 aliphatic carbocycles. The lowest BCUT2D eigenvalue weighted by atomic mass is 10.0. The van der Waals surface area contributed by atoms with Gasteiger partial charge in [-0.2, -0.15) is 11.8 Å². The summed E-state index contributed by atoms with van der Waals surface area (Å²) in [7, 11) is 0. The Morgan fingerprint density at radius 3 is 2.47 bits per heavy atom. The molecule has 0 bridgehead atoms. The summed E-state index contributed by atoms with van der Waals surface area (Å²) in [6, 6.07) is 12.0. The fourth-order valence-corrected chi connectivity index (χ4v) is 4.20. The van der Waals surface area contributed by atoms with Crippen molar-refractivity contribution in [3.8, 4) is 5.75 Å². The summed E-state index contributed by atoms with van der Waals surface area (Å²) in [6.45, 7) is 4.90. The molecule has 2 aromatic carbocycles. The Morgan fingerprint density at radius 1 is 1.06 bits per heavy atom. The smallest absolute Gasteiger partial charge is 0.339 e. The molecule has 1 amide bonds. The van der Waals surface area contributed by atoms with E-state index in [1.807, 2.05) is 37.3 Å². The number of rotatable bonds is 9. The monoisotopic (exact) mass is 454 g/mol. The van der Waals surface area contributed by atoms with Gasteiger partial charge in [-0.05, 0) is 44.0 Å². The number of carbonyl (C=O) groups excluding carboxylic acids is 2. The molecule has 0 radical (unpaired) electrons. The summed E-state index contributed by atoms with van der Waals surface area (Å²) >= 11 is 1.39. The number of benzene rings is 2. The second kappa shape index (κ2) is 10.4. The molecular weight excluding hydrogens is 430 g/mol. The highest BCUT2D eigenvalue weighted by Crippen LogP contribution is 2.29. The SMILES string of the molecule is Cc1c(C)c2ccc(OCC(=O)N[C@@H](CSCc3ccccc3)C(=O)[O-])c(C)c2oc1=O. The maximum Gasteiger partial charge on any atom is 0.339 e. The number of thioether (sulfide) groups is 1. The van der Waals surface area contributed by atoms with Crippen molar-refractivity contribution in [3.05, 3.63) is 75.1 Å².